The van der Waals surface area contributed by atoms with Crippen molar-refractivity contribution in [3.05, 3.63) is 122 Å². The molecule has 6 rings (SSSR count). The molecule has 6 N–H and O–H groups in total. The molecular formula is C38H44Br2N4O7. The molecule has 2 aliphatic heterocycles. The van der Waals surface area contributed by atoms with Gasteiger partial charge in [-0.1, -0.05) is 27.7 Å². The Morgan fingerprint density at radius 3 is 1.63 bits per heavy atom. The monoisotopic (exact) mass is 826 g/mol. The van der Waals surface area contributed by atoms with Gasteiger partial charge in [-0.15, -0.1) is 0 Å². The van der Waals surface area contributed by atoms with Crippen molar-refractivity contribution in [3.63, 3.8) is 0 Å². The number of rotatable bonds is 5. The van der Waals surface area contributed by atoms with Crippen LogP contribution in [0, 0.1) is 27.7 Å². The summed E-state index contributed by atoms with van der Waals surface area (Å²) in [7, 11) is 0. The fourth-order valence-corrected chi connectivity index (χ4v) is 7.06. The summed E-state index contributed by atoms with van der Waals surface area (Å²) in [5, 5.41) is 11.8. The van der Waals surface area contributed by atoms with Gasteiger partial charge < -0.3 is 35.6 Å². The lowest BCUT2D eigenvalue weighted by Crippen LogP contribution is -2.28. The van der Waals surface area contributed by atoms with E-state index >= 15 is 0 Å². The van der Waals surface area contributed by atoms with E-state index < -0.39 is 5.97 Å². The second kappa shape index (κ2) is 15.6. The second-order valence-electron chi connectivity index (χ2n) is 14.1. The van der Waals surface area contributed by atoms with Crippen molar-refractivity contribution in [1.29, 1.82) is 0 Å². The maximum Gasteiger partial charge on any atom is 0.335 e. The number of H-pyrrole nitrogens is 2. The van der Waals surface area contributed by atoms with Crippen LogP contribution in [0.25, 0.3) is 0 Å². The number of nitrogens with one attached hydrogen (secondary N) is 3. The number of hydrogen-bond acceptors (Lipinski definition) is 7. The minimum Gasteiger partial charge on any atom is -0.491 e. The third-order valence-electron chi connectivity index (χ3n) is 8.83. The summed E-state index contributed by atoms with van der Waals surface area (Å²) in [6, 6.07) is 10.7. The van der Waals surface area contributed by atoms with Gasteiger partial charge in [-0.25, -0.2) is 4.79 Å². The predicted octanol–water partition coefficient (Wildman–Crippen LogP) is 6.62. The molecular weight excluding hydrogens is 784 g/mol. The Balaban J connectivity index is 0.000000190. The number of carbonyl (C=O) groups is 2. The van der Waals surface area contributed by atoms with Crippen LogP contribution in [0.2, 0.25) is 0 Å². The summed E-state index contributed by atoms with van der Waals surface area (Å²) < 4.78 is 12.7. The minimum absolute atomic E-state index is 0.0648. The largest absolute Gasteiger partial charge is 0.491 e. The molecule has 0 spiro atoms. The molecule has 4 heterocycles. The minimum atomic E-state index is -0.916. The van der Waals surface area contributed by atoms with E-state index in [0.29, 0.717) is 46.5 Å². The SMILES string of the molecule is CC1(C)COc2c(Br)cc(C(=O)O)cc21.Cc1cc(C)c(CN)c(=O)[nH]1.Cc1cc(C)c(CNC(=O)c2cc(Br)c3c(c2)C(C)(C)CO3)c(=O)[nH]1. The molecule has 0 saturated carbocycles. The van der Waals surface area contributed by atoms with E-state index in [4.69, 9.17) is 20.3 Å². The molecule has 1 amide bonds. The number of halogens is 2. The summed E-state index contributed by atoms with van der Waals surface area (Å²) in [5.41, 5.74) is 12.5. The van der Waals surface area contributed by atoms with E-state index in [0.717, 1.165) is 49.6 Å². The predicted molar refractivity (Wildman–Crippen MR) is 204 cm³/mol. The van der Waals surface area contributed by atoms with Gasteiger partial charge in [0.25, 0.3) is 17.0 Å². The maximum atomic E-state index is 12.6. The molecule has 0 fully saturated rings. The van der Waals surface area contributed by atoms with E-state index in [-0.39, 0.29) is 34.4 Å². The standard InChI is InChI=1S/C19H21BrN2O3.C11H11BrO3.C8H12N2O/c1-10-5-11(2)22-18(24)13(10)8-21-17(23)12-6-14-16(15(20)7-12)25-9-19(14,3)4;1-11(2)5-15-9-7(11)3-6(10(13)14)4-8(9)12;1-5-3-6(2)10-8(11)7(5)4-9/h5-7H,8-9H2,1-4H3,(H,21,23)(H,22,24);3-4H,5H2,1-2H3,(H,13,14);3H,4,9H2,1-2H3,(H,10,11). The molecule has 0 saturated heterocycles. The first kappa shape index (κ1) is 39.6. The van der Waals surface area contributed by atoms with Crippen molar-refractivity contribution in [2.75, 3.05) is 13.2 Å². The molecule has 2 aromatic heterocycles. The third kappa shape index (κ3) is 9.00. The molecule has 4 aromatic rings. The number of carboxylic acid groups (broad SMARTS) is 1. The molecule has 13 heteroatoms. The lowest BCUT2D eigenvalue weighted by molar-refractivity contribution is 0.0696. The number of amides is 1. The zero-order valence-electron chi connectivity index (χ0n) is 30.0. The average Bonchev–Trinajstić information content (AvgIpc) is 3.51. The number of ether oxygens (including phenoxy) is 2. The number of pyridine rings is 2. The van der Waals surface area contributed by atoms with E-state index in [9.17, 15) is 19.2 Å². The normalized spacial score (nSPS) is 14.4. The fourth-order valence-electron chi connectivity index (χ4n) is 5.91. The first-order valence-corrected chi connectivity index (χ1v) is 17.9. The summed E-state index contributed by atoms with van der Waals surface area (Å²) >= 11 is 6.82. The van der Waals surface area contributed by atoms with Gasteiger partial charge >= 0.3 is 5.97 Å². The van der Waals surface area contributed by atoms with E-state index in [1.165, 1.54) is 0 Å². The van der Waals surface area contributed by atoms with Crippen LogP contribution in [0.1, 0.15) is 93.2 Å². The Hall–Kier alpha value is -4.20. The number of aryl methyl sites for hydroxylation is 4. The summed E-state index contributed by atoms with van der Waals surface area (Å²) in [4.78, 5) is 52.2. The van der Waals surface area contributed by atoms with Gasteiger partial charge in [-0.05, 0) is 107 Å². The smallest absolute Gasteiger partial charge is 0.335 e. The topological polar surface area (TPSA) is 177 Å². The van der Waals surface area contributed by atoms with Crippen molar-refractivity contribution >= 4 is 43.7 Å². The number of nitrogens with two attached hydrogens (primary N) is 1. The van der Waals surface area contributed by atoms with Crippen molar-refractivity contribution in [1.82, 2.24) is 15.3 Å². The van der Waals surface area contributed by atoms with Gasteiger partial charge in [-0.3, -0.25) is 14.4 Å². The lowest BCUT2D eigenvalue weighted by atomic mass is 9.86. The fraction of sp³-hybridized carbons (Fsp3) is 0.368. The number of aromatic carboxylic acids is 1. The van der Waals surface area contributed by atoms with Gasteiger partial charge in [0, 0.05) is 63.1 Å². The highest BCUT2D eigenvalue weighted by molar-refractivity contribution is 9.11. The van der Waals surface area contributed by atoms with E-state index in [2.05, 4.69) is 61.0 Å². The number of hydrogen-bond donors (Lipinski definition) is 5. The van der Waals surface area contributed by atoms with Crippen molar-refractivity contribution < 1.29 is 24.2 Å². The quantitative estimate of drug-likeness (QED) is 0.149. The number of aromatic nitrogens is 2. The van der Waals surface area contributed by atoms with Crippen LogP contribution in [0.3, 0.4) is 0 Å². The average molecular weight is 829 g/mol. The highest BCUT2D eigenvalue weighted by Gasteiger charge is 2.35. The Kier molecular flexibility index (Phi) is 12.1. The zero-order chi connectivity index (χ0) is 38.0. The lowest BCUT2D eigenvalue weighted by Gasteiger charge is -2.16. The third-order valence-corrected chi connectivity index (χ3v) is 10.0. The number of carbonyl (C=O) groups excluding carboxylic acids is 1. The number of benzene rings is 2. The van der Waals surface area contributed by atoms with Crippen molar-refractivity contribution in [2.45, 2.75) is 79.3 Å². The van der Waals surface area contributed by atoms with Crippen molar-refractivity contribution in [2.24, 2.45) is 5.73 Å². The molecule has 2 aromatic carbocycles. The van der Waals surface area contributed by atoms with E-state index in [1.54, 1.807) is 18.2 Å². The molecule has 11 nitrogen and oxygen atoms in total. The number of aromatic amines is 2. The summed E-state index contributed by atoms with van der Waals surface area (Å²) in [6.45, 7) is 17.4. The molecule has 51 heavy (non-hydrogen) atoms. The van der Waals surface area contributed by atoms with Crippen LogP contribution in [0.4, 0.5) is 0 Å². The zero-order valence-corrected chi connectivity index (χ0v) is 33.2. The molecule has 0 radical (unpaired) electrons. The molecule has 0 aliphatic carbocycles. The Morgan fingerprint density at radius 1 is 0.765 bits per heavy atom. The molecule has 272 valence electrons. The molecule has 0 atom stereocenters. The first-order chi connectivity index (χ1) is 23.7. The first-order valence-electron chi connectivity index (χ1n) is 16.3. The van der Waals surface area contributed by atoms with Gasteiger partial charge in [0.05, 0.1) is 27.7 Å². The van der Waals surface area contributed by atoms with Gasteiger partial charge in [-0.2, -0.15) is 0 Å². The second-order valence-corrected chi connectivity index (χ2v) is 15.8. The Morgan fingerprint density at radius 2 is 1.20 bits per heavy atom. The van der Waals surface area contributed by atoms with Crippen LogP contribution in [0.5, 0.6) is 11.5 Å². The van der Waals surface area contributed by atoms with Crippen LogP contribution >= 0.6 is 31.9 Å². The van der Waals surface area contributed by atoms with Gasteiger partial charge in [0.1, 0.15) is 11.5 Å². The summed E-state index contributed by atoms with van der Waals surface area (Å²) in [5.74, 6) is 0.434. The van der Waals surface area contributed by atoms with E-state index in [1.807, 2.05) is 59.7 Å². The highest BCUT2D eigenvalue weighted by atomic mass is 79.9. The molecule has 0 bridgehead atoms. The summed E-state index contributed by atoms with van der Waals surface area (Å²) in [6.07, 6.45) is 0. The van der Waals surface area contributed by atoms with Crippen molar-refractivity contribution in [3.8, 4) is 11.5 Å². The number of carboxylic acids is 1. The Bertz CT molecular complexity index is 2120. The van der Waals surface area contributed by atoms with Crippen LogP contribution in [-0.4, -0.2) is 40.2 Å². The van der Waals surface area contributed by atoms with Crippen LogP contribution in [-0.2, 0) is 23.9 Å². The number of fused-ring (bicyclic) bond motifs is 2. The van der Waals surface area contributed by atoms with Gasteiger partial charge in [0.15, 0.2) is 0 Å². The highest BCUT2D eigenvalue weighted by Crippen LogP contribution is 2.44. The maximum absolute atomic E-state index is 12.6. The molecule has 2 aliphatic rings. The molecule has 0 unspecified atom stereocenters. The van der Waals surface area contributed by atoms with Crippen LogP contribution in [0.15, 0.2) is 54.9 Å². The Labute approximate surface area is 313 Å². The van der Waals surface area contributed by atoms with Crippen LogP contribution < -0.4 is 31.6 Å². The van der Waals surface area contributed by atoms with Gasteiger partial charge in [0.2, 0.25) is 0 Å².